The van der Waals surface area contributed by atoms with Crippen molar-refractivity contribution in [2.45, 2.75) is 37.5 Å². The van der Waals surface area contributed by atoms with Gasteiger partial charge in [-0.25, -0.2) is 17.9 Å². The van der Waals surface area contributed by atoms with Gasteiger partial charge in [-0.15, -0.1) is 0 Å². The minimum absolute atomic E-state index is 0.00945. The number of benzene rings is 1. The third-order valence-corrected chi connectivity index (χ3v) is 5.57. The average Bonchev–Trinajstić information content (AvgIpc) is 3.17. The van der Waals surface area contributed by atoms with Crippen LogP contribution in [0.4, 0.5) is 0 Å². The monoisotopic (exact) mass is 331 g/mol. The summed E-state index contributed by atoms with van der Waals surface area (Å²) in [6.07, 6.45) is 4.12. The first-order valence-electron chi connectivity index (χ1n) is 6.82. The molecule has 0 aromatic heterocycles. The summed E-state index contributed by atoms with van der Waals surface area (Å²) in [6, 6.07) is 3.64. The van der Waals surface area contributed by atoms with Gasteiger partial charge in [-0.1, -0.05) is 24.9 Å². The molecule has 21 heavy (non-hydrogen) atoms. The molecular formula is C14H18ClNO4S. The molecule has 0 unspecified atom stereocenters. The van der Waals surface area contributed by atoms with Gasteiger partial charge in [0.15, 0.2) is 0 Å². The van der Waals surface area contributed by atoms with Gasteiger partial charge >= 0.3 is 5.97 Å². The minimum atomic E-state index is -3.66. The molecule has 1 aromatic carbocycles. The number of nitrogens with one attached hydrogen (secondary N) is 1. The Morgan fingerprint density at radius 2 is 2.10 bits per heavy atom. The zero-order valence-electron chi connectivity index (χ0n) is 11.7. The fourth-order valence-corrected chi connectivity index (χ4v) is 3.90. The molecule has 2 N–H and O–H groups in total. The lowest BCUT2D eigenvalue weighted by Gasteiger charge is -2.15. The van der Waals surface area contributed by atoms with Gasteiger partial charge in [0.25, 0.3) is 0 Å². The number of aromatic carboxylic acids is 1. The molecule has 2 rings (SSSR count). The van der Waals surface area contributed by atoms with Crippen LogP contribution in [0.5, 0.6) is 0 Å². The molecule has 1 aromatic rings. The van der Waals surface area contributed by atoms with Crippen molar-refractivity contribution in [1.29, 1.82) is 0 Å². The standard InChI is InChI=1S/C14H18ClNO4S/c1-2-5-14(6-7-14)9-16-21(19,20)10-3-4-11(13(17)18)12(15)8-10/h3-4,8,16H,2,5-7,9H2,1H3,(H,17,18). The van der Waals surface area contributed by atoms with Crippen molar-refractivity contribution < 1.29 is 18.3 Å². The van der Waals surface area contributed by atoms with E-state index >= 15 is 0 Å². The van der Waals surface area contributed by atoms with Gasteiger partial charge in [0.2, 0.25) is 10.0 Å². The lowest BCUT2D eigenvalue weighted by atomic mass is 10.0. The third kappa shape index (κ3) is 3.75. The Kier molecular flexibility index (Phi) is 4.60. The normalized spacial score (nSPS) is 16.7. The first-order valence-corrected chi connectivity index (χ1v) is 8.68. The highest BCUT2D eigenvalue weighted by Gasteiger charge is 2.42. The average molecular weight is 332 g/mol. The second-order valence-corrected chi connectivity index (χ2v) is 7.70. The molecule has 1 saturated carbocycles. The van der Waals surface area contributed by atoms with Crippen molar-refractivity contribution in [2.75, 3.05) is 6.54 Å². The first-order chi connectivity index (χ1) is 9.80. The van der Waals surface area contributed by atoms with Crippen molar-refractivity contribution in [3.63, 3.8) is 0 Å². The quantitative estimate of drug-likeness (QED) is 0.804. The number of carboxylic acids is 1. The Hall–Kier alpha value is -1.11. The summed E-state index contributed by atoms with van der Waals surface area (Å²) in [7, 11) is -3.66. The second-order valence-electron chi connectivity index (χ2n) is 5.52. The maximum Gasteiger partial charge on any atom is 0.337 e. The van der Waals surface area contributed by atoms with Crippen molar-refractivity contribution >= 4 is 27.6 Å². The third-order valence-electron chi connectivity index (χ3n) is 3.86. The number of rotatable bonds is 7. The summed E-state index contributed by atoms with van der Waals surface area (Å²) in [5.41, 5.74) is -0.00708. The lowest BCUT2D eigenvalue weighted by Crippen LogP contribution is -2.30. The van der Waals surface area contributed by atoms with Crippen LogP contribution in [0.15, 0.2) is 23.1 Å². The minimum Gasteiger partial charge on any atom is -0.478 e. The summed E-state index contributed by atoms with van der Waals surface area (Å²) in [5, 5.41) is 8.80. The summed E-state index contributed by atoms with van der Waals surface area (Å²) in [5.74, 6) is -1.18. The molecule has 116 valence electrons. The Labute approximate surface area is 129 Å². The van der Waals surface area contributed by atoms with Gasteiger partial charge in [0.1, 0.15) is 0 Å². The topological polar surface area (TPSA) is 83.5 Å². The van der Waals surface area contributed by atoms with Crippen molar-refractivity contribution in [2.24, 2.45) is 5.41 Å². The molecule has 5 nitrogen and oxygen atoms in total. The number of hydrogen-bond donors (Lipinski definition) is 2. The molecule has 1 aliphatic carbocycles. The van der Waals surface area contributed by atoms with Crippen molar-refractivity contribution in [3.05, 3.63) is 28.8 Å². The van der Waals surface area contributed by atoms with Crippen LogP contribution in [0, 0.1) is 5.41 Å². The molecular weight excluding hydrogens is 314 g/mol. The maximum atomic E-state index is 12.2. The molecule has 0 radical (unpaired) electrons. The molecule has 0 amide bonds. The van der Waals surface area contributed by atoms with Crippen LogP contribution in [-0.2, 0) is 10.0 Å². The second kappa shape index (κ2) is 5.94. The van der Waals surface area contributed by atoms with Crippen LogP contribution in [0.2, 0.25) is 5.02 Å². The number of carboxylic acid groups (broad SMARTS) is 1. The molecule has 7 heteroatoms. The molecule has 1 aliphatic rings. The van der Waals surface area contributed by atoms with Gasteiger partial charge in [-0.2, -0.15) is 0 Å². The number of carbonyl (C=O) groups is 1. The van der Waals surface area contributed by atoms with E-state index in [1.54, 1.807) is 0 Å². The van der Waals surface area contributed by atoms with E-state index in [1.807, 2.05) is 0 Å². The Balaban J connectivity index is 2.13. The van der Waals surface area contributed by atoms with Gasteiger partial charge in [0.05, 0.1) is 15.5 Å². The van der Waals surface area contributed by atoms with Crippen LogP contribution >= 0.6 is 11.6 Å². The molecule has 0 bridgehead atoms. The van der Waals surface area contributed by atoms with Crippen LogP contribution in [0.3, 0.4) is 0 Å². The zero-order chi connectivity index (χ0) is 15.7. The molecule has 0 aliphatic heterocycles. The van der Waals surface area contributed by atoms with E-state index in [1.165, 1.54) is 18.2 Å². The van der Waals surface area contributed by atoms with Crippen molar-refractivity contribution in [1.82, 2.24) is 4.72 Å². The van der Waals surface area contributed by atoms with E-state index in [-0.39, 0.29) is 20.9 Å². The summed E-state index contributed by atoms with van der Waals surface area (Å²) in [4.78, 5) is 10.9. The zero-order valence-corrected chi connectivity index (χ0v) is 13.3. The fraction of sp³-hybridized carbons (Fsp3) is 0.500. The van der Waals surface area contributed by atoms with Gasteiger partial charge in [-0.3, -0.25) is 0 Å². The summed E-state index contributed by atoms with van der Waals surface area (Å²) >= 11 is 5.81. The van der Waals surface area contributed by atoms with Crippen LogP contribution in [0.1, 0.15) is 43.0 Å². The molecule has 0 heterocycles. The van der Waals surface area contributed by atoms with E-state index < -0.39 is 16.0 Å². The fourth-order valence-electron chi connectivity index (χ4n) is 2.39. The Morgan fingerprint density at radius 3 is 2.57 bits per heavy atom. The molecule has 0 saturated heterocycles. The first kappa shape index (κ1) is 16.3. The molecule has 0 atom stereocenters. The molecule has 0 spiro atoms. The van der Waals surface area contributed by atoms with Gasteiger partial charge in [-0.05, 0) is 42.9 Å². The van der Waals surface area contributed by atoms with E-state index in [4.69, 9.17) is 16.7 Å². The SMILES string of the molecule is CCCC1(CNS(=O)(=O)c2ccc(C(=O)O)c(Cl)c2)CC1. The Bertz CT molecular complexity index is 653. The predicted octanol–water partition coefficient (Wildman–Crippen LogP) is 2.90. The van der Waals surface area contributed by atoms with Crippen LogP contribution in [-0.4, -0.2) is 26.0 Å². The van der Waals surface area contributed by atoms with Gasteiger partial charge in [0, 0.05) is 6.54 Å². The van der Waals surface area contributed by atoms with E-state index in [9.17, 15) is 13.2 Å². The highest BCUT2D eigenvalue weighted by molar-refractivity contribution is 7.89. The number of sulfonamides is 1. The highest BCUT2D eigenvalue weighted by atomic mass is 35.5. The van der Waals surface area contributed by atoms with E-state index in [0.717, 1.165) is 25.7 Å². The van der Waals surface area contributed by atoms with Crippen molar-refractivity contribution in [3.8, 4) is 0 Å². The number of halogens is 1. The lowest BCUT2D eigenvalue weighted by molar-refractivity contribution is 0.0697. The maximum absolute atomic E-state index is 12.2. The number of hydrogen-bond acceptors (Lipinski definition) is 3. The van der Waals surface area contributed by atoms with E-state index in [2.05, 4.69) is 11.6 Å². The smallest absolute Gasteiger partial charge is 0.337 e. The predicted molar refractivity (Wildman–Crippen MR) is 80.2 cm³/mol. The van der Waals surface area contributed by atoms with E-state index in [0.29, 0.717) is 6.54 Å². The van der Waals surface area contributed by atoms with Gasteiger partial charge < -0.3 is 5.11 Å². The summed E-state index contributed by atoms with van der Waals surface area (Å²) in [6.45, 7) is 2.50. The van der Waals surface area contributed by atoms with Crippen LogP contribution < -0.4 is 4.72 Å². The largest absolute Gasteiger partial charge is 0.478 e. The van der Waals surface area contributed by atoms with Crippen LogP contribution in [0.25, 0.3) is 0 Å². The Morgan fingerprint density at radius 1 is 1.43 bits per heavy atom. The summed E-state index contributed by atoms with van der Waals surface area (Å²) < 4.78 is 27.1. The molecule has 1 fully saturated rings. The highest BCUT2D eigenvalue weighted by Crippen LogP contribution is 2.49.